The van der Waals surface area contributed by atoms with Crippen molar-refractivity contribution in [3.8, 4) is 0 Å². The Morgan fingerprint density at radius 1 is 1.38 bits per heavy atom. The number of carboxylic acids is 1. The summed E-state index contributed by atoms with van der Waals surface area (Å²) in [6, 6.07) is 7.09. The van der Waals surface area contributed by atoms with E-state index in [0.717, 1.165) is 0 Å². The number of amides is 2. The number of aliphatic carboxylic acids is 1. The van der Waals surface area contributed by atoms with Gasteiger partial charge in [0.25, 0.3) is 0 Å². The highest BCUT2D eigenvalue weighted by Crippen LogP contribution is 2.24. The van der Waals surface area contributed by atoms with Gasteiger partial charge in [0.15, 0.2) is 0 Å². The maximum Gasteiger partial charge on any atom is 0.411 e. The number of ether oxygens (including phenoxy) is 1. The summed E-state index contributed by atoms with van der Waals surface area (Å²) in [7, 11) is 0. The third-order valence-corrected chi connectivity index (χ3v) is 4.20. The number of anilines is 1. The number of hydrogen-bond acceptors (Lipinski definition) is 5. The van der Waals surface area contributed by atoms with E-state index in [1.54, 1.807) is 30.3 Å². The third kappa shape index (κ3) is 5.32. The fourth-order valence-corrected chi connectivity index (χ4v) is 3.01. The van der Waals surface area contributed by atoms with Crippen LogP contribution in [0.2, 0.25) is 0 Å². The molecule has 1 fully saturated rings. The summed E-state index contributed by atoms with van der Waals surface area (Å²) in [5.41, 5.74) is 0.586. The Morgan fingerprint density at radius 3 is 2.65 bits per heavy atom. The minimum Gasteiger partial charge on any atom is -0.480 e. The number of carboxylic acid groups (broad SMARTS) is 1. The quantitative estimate of drug-likeness (QED) is 0.545. The lowest BCUT2D eigenvalue weighted by molar-refractivity contribution is -0.139. The van der Waals surface area contributed by atoms with Crippen molar-refractivity contribution in [2.75, 3.05) is 11.9 Å². The molecule has 0 saturated carbocycles. The molecule has 1 aromatic carbocycles. The second-order valence-corrected chi connectivity index (χ2v) is 6.12. The van der Waals surface area contributed by atoms with E-state index in [1.807, 2.05) is 6.07 Å². The summed E-state index contributed by atoms with van der Waals surface area (Å²) in [5.74, 6) is -1.44. The first kappa shape index (κ1) is 19.5. The molecule has 1 aromatic rings. The predicted molar refractivity (Wildman–Crippen MR) is 95.7 cm³/mol. The molecular weight excluding hydrogens is 338 g/mol. The fourth-order valence-electron chi connectivity index (χ4n) is 3.01. The molecule has 1 heterocycles. The van der Waals surface area contributed by atoms with Crippen molar-refractivity contribution in [1.29, 1.82) is 0 Å². The van der Waals surface area contributed by atoms with E-state index < -0.39 is 30.2 Å². The predicted octanol–water partition coefficient (Wildman–Crippen LogP) is 1.36. The largest absolute Gasteiger partial charge is 0.480 e. The monoisotopic (exact) mass is 361 g/mol. The normalized spacial score (nSPS) is 22.9. The number of carbonyl (C=O) groups is 3. The molecule has 4 N–H and O–H groups in total. The minimum atomic E-state index is -0.969. The van der Waals surface area contributed by atoms with Crippen molar-refractivity contribution in [2.45, 2.75) is 31.5 Å². The Balaban J connectivity index is 2.00. The molecule has 8 nitrogen and oxygen atoms in total. The van der Waals surface area contributed by atoms with Crippen LogP contribution in [0.15, 0.2) is 43.0 Å². The Morgan fingerprint density at radius 2 is 2.08 bits per heavy atom. The lowest BCUT2D eigenvalue weighted by atomic mass is 9.94. The lowest BCUT2D eigenvalue weighted by Crippen LogP contribution is -2.53. The Bertz CT molecular complexity index is 664. The minimum absolute atomic E-state index is 0.105. The van der Waals surface area contributed by atoms with Crippen LogP contribution in [0.3, 0.4) is 0 Å². The van der Waals surface area contributed by atoms with Gasteiger partial charge in [0.05, 0.1) is 6.04 Å². The van der Waals surface area contributed by atoms with Gasteiger partial charge in [-0.3, -0.25) is 20.2 Å². The fraction of sp³-hybridized carbons (Fsp3) is 0.389. The van der Waals surface area contributed by atoms with E-state index in [4.69, 9.17) is 4.74 Å². The number of carbonyl (C=O) groups excluding carboxylic acids is 2. The first-order valence-electron chi connectivity index (χ1n) is 8.28. The van der Waals surface area contributed by atoms with Crippen LogP contribution in [0.25, 0.3) is 0 Å². The number of benzene rings is 1. The van der Waals surface area contributed by atoms with Crippen molar-refractivity contribution in [1.82, 2.24) is 10.6 Å². The Labute approximate surface area is 151 Å². The van der Waals surface area contributed by atoms with Gasteiger partial charge < -0.3 is 15.2 Å². The summed E-state index contributed by atoms with van der Waals surface area (Å²) >= 11 is 0. The first-order chi connectivity index (χ1) is 12.4. The van der Waals surface area contributed by atoms with E-state index in [9.17, 15) is 19.5 Å². The second kappa shape index (κ2) is 9.00. The molecule has 1 saturated heterocycles. The highest BCUT2D eigenvalue weighted by molar-refractivity contribution is 5.84. The second-order valence-electron chi connectivity index (χ2n) is 6.12. The lowest BCUT2D eigenvalue weighted by Gasteiger charge is -2.27. The van der Waals surface area contributed by atoms with Crippen molar-refractivity contribution < 1.29 is 24.2 Å². The maximum absolute atomic E-state index is 12.0. The van der Waals surface area contributed by atoms with Crippen molar-refractivity contribution >= 4 is 23.7 Å². The zero-order valence-electron chi connectivity index (χ0n) is 14.5. The van der Waals surface area contributed by atoms with E-state index in [1.165, 1.54) is 6.92 Å². The molecule has 2 amide bonds. The zero-order chi connectivity index (χ0) is 19.1. The number of nitrogens with one attached hydrogen (secondary N) is 3. The molecule has 4 atom stereocenters. The van der Waals surface area contributed by atoms with Crippen LogP contribution >= 0.6 is 0 Å². The first-order valence-corrected chi connectivity index (χ1v) is 8.28. The molecule has 1 unspecified atom stereocenters. The van der Waals surface area contributed by atoms with Gasteiger partial charge in [-0.1, -0.05) is 24.3 Å². The van der Waals surface area contributed by atoms with Crippen LogP contribution < -0.4 is 16.0 Å². The summed E-state index contributed by atoms with van der Waals surface area (Å²) in [6.07, 6.45) is 1.35. The maximum atomic E-state index is 12.0. The van der Waals surface area contributed by atoms with Gasteiger partial charge in [0.2, 0.25) is 5.91 Å². The van der Waals surface area contributed by atoms with Crippen LogP contribution in [0, 0.1) is 5.92 Å². The van der Waals surface area contributed by atoms with E-state index in [2.05, 4.69) is 22.5 Å². The summed E-state index contributed by atoms with van der Waals surface area (Å²) in [5, 5.41) is 17.5. The van der Waals surface area contributed by atoms with E-state index in [-0.39, 0.29) is 18.4 Å². The van der Waals surface area contributed by atoms with Gasteiger partial charge in [-0.15, -0.1) is 6.58 Å². The van der Waals surface area contributed by atoms with Crippen molar-refractivity contribution in [3.63, 3.8) is 0 Å². The summed E-state index contributed by atoms with van der Waals surface area (Å²) in [4.78, 5) is 34.7. The molecule has 2 rings (SSSR count). The molecule has 8 heteroatoms. The molecular formula is C18H23N3O5. The Kier molecular flexibility index (Phi) is 6.74. The highest BCUT2D eigenvalue weighted by Gasteiger charge is 2.40. The average molecular weight is 361 g/mol. The zero-order valence-corrected chi connectivity index (χ0v) is 14.5. The van der Waals surface area contributed by atoms with Gasteiger partial charge in [-0.25, -0.2) is 4.79 Å². The molecule has 26 heavy (non-hydrogen) atoms. The molecule has 1 aliphatic heterocycles. The molecule has 0 spiro atoms. The number of hydrogen-bond donors (Lipinski definition) is 4. The van der Waals surface area contributed by atoms with E-state index in [0.29, 0.717) is 12.1 Å². The Hall–Kier alpha value is -2.87. The van der Waals surface area contributed by atoms with Crippen LogP contribution in [-0.2, 0) is 14.3 Å². The van der Waals surface area contributed by atoms with Crippen LogP contribution in [0.5, 0.6) is 0 Å². The number of rotatable bonds is 7. The standard InChI is InChI=1S/C18H23N3O5/c1-3-12-9-14(17(23)24)21-16(12)15(19-11(2)22)10-26-18(25)20-13-7-5-4-6-8-13/h3-8,12,14-16,21H,1,9-10H2,2H3,(H,19,22)(H,20,25)(H,23,24)/t12-,14-,15+,16?/m1/s1. The molecule has 0 radical (unpaired) electrons. The van der Waals surface area contributed by atoms with Gasteiger partial charge in [0, 0.05) is 18.7 Å². The average Bonchev–Trinajstić information content (AvgIpc) is 3.04. The highest BCUT2D eigenvalue weighted by atomic mass is 16.5. The van der Waals surface area contributed by atoms with Gasteiger partial charge in [-0.05, 0) is 24.5 Å². The van der Waals surface area contributed by atoms with Crippen molar-refractivity contribution in [3.05, 3.63) is 43.0 Å². The SMILES string of the molecule is C=C[C@@H]1C[C@H](C(=O)O)NC1[C@H](COC(=O)Nc1ccccc1)NC(C)=O. The topological polar surface area (TPSA) is 117 Å². The molecule has 0 aromatic heterocycles. The number of para-hydroxylation sites is 1. The summed E-state index contributed by atoms with van der Waals surface area (Å²) < 4.78 is 5.22. The van der Waals surface area contributed by atoms with Crippen LogP contribution in [0.4, 0.5) is 10.5 Å². The van der Waals surface area contributed by atoms with Gasteiger partial charge in [0.1, 0.15) is 12.6 Å². The molecule has 140 valence electrons. The van der Waals surface area contributed by atoms with Gasteiger partial charge in [-0.2, -0.15) is 0 Å². The van der Waals surface area contributed by atoms with Crippen molar-refractivity contribution in [2.24, 2.45) is 5.92 Å². The van der Waals surface area contributed by atoms with Crippen LogP contribution in [0.1, 0.15) is 13.3 Å². The molecule has 1 aliphatic rings. The van der Waals surface area contributed by atoms with Gasteiger partial charge >= 0.3 is 12.1 Å². The summed E-state index contributed by atoms with van der Waals surface area (Å²) in [6.45, 7) is 4.98. The molecule has 0 aliphatic carbocycles. The third-order valence-electron chi connectivity index (χ3n) is 4.20. The van der Waals surface area contributed by atoms with E-state index >= 15 is 0 Å². The molecule has 0 bridgehead atoms. The van der Waals surface area contributed by atoms with Crippen LogP contribution in [-0.4, -0.2) is 47.8 Å². The smallest absolute Gasteiger partial charge is 0.411 e.